The molecule has 1 aromatic heterocycles. The largest absolute Gasteiger partial charge is 0.481 e. The minimum Gasteiger partial charge on any atom is -0.481 e. The van der Waals surface area contributed by atoms with Gasteiger partial charge in [0.25, 0.3) is 0 Å². The third-order valence-electron chi connectivity index (χ3n) is 2.95. The first-order valence-corrected chi connectivity index (χ1v) is 6.80. The molecule has 4 nitrogen and oxygen atoms in total. The predicted octanol–water partition coefficient (Wildman–Crippen LogP) is 3.47. The van der Waals surface area contributed by atoms with Crippen LogP contribution in [0.1, 0.15) is 23.2 Å². The van der Waals surface area contributed by atoms with Crippen LogP contribution >= 0.6 is 15.9 Å². The Labute approximate surface area is 120 Å². The van der Waals surface area contributed by atoms with Crippen molar-refractivity contribution in [1.82, 2.24) is 9.97 Å². The molecule has 0 amide bonds. The fourth-order valence-electron chi connectivity index (χ4n) is 1.99. The van der Waals surface area contributed by atoms with Crippen LogP contribution in [-0.4, -0.2) is 21.0 Å². The van der Waals surface area contributed by atoms with Gasteiger partial charge >= 0.3 is 5.97 Å². The quantitative estimate of drug-likeness (QED) is 0.905. The number of hydrogen-bond donors (Lipinski definition) is 2. The second kappa shape index (κ2) is 5.57. The van der Waals surface area contributed by atoms with Gasteiger partial charge in [0.2, 0.25) is 0 Å². The first kappa shape index (κ1) is 13.8. The molecule has 0 saturated heterocycles. The second-order valence-corrected chi connectivity index (χ2v) is 5.32. The lowest BCUT2D eigenvalue weighted by Gasteiger charge is -2.03. The van der Waals surface area contributed by atoms with Gasteiger partial charge in [0.1, 0.15) is 10.4 Å². The van der Waals surface area contributed by atoms with Crippen molar-refractivity contribution in [2.45, 2.75) is 26.7 Å². The van der Waals surface area contributed by atoms with Crippen molar-refractivity contribution < 1.29 is 9.90 Å². The van der Waals surface area contributed by atoms with Gasteiger partial charge < -0.3 is 10.1 Å². The van der Waals surface area contributed by atoms with Crippen LogP contribution in [-0.2, 0) is 11.2 Å². The molecule has 1 heterocycles. The summed E-state index contributed by atoms with van der Waals surface area (Å²) >= 11 is 3.37. The van der Waals surface area contributed by atoms with Crippen LogP contribution in [0.2, 0.25) is 0 Å². The standard InChI is InChI=1S/C14H15BrN2O2/c1-8-3-4-10(9(2)7-8)14-16-11(13(15)17-14)5-6-12(18)19/h3-4,7H,5-6H2,1-2H3,(H,16,17)(H,18,19). The van der Waals surface area contributed by atoms with Crippen LogP contribution in [0.5, 0.6) is 0 Å². The summed E-state index contributed by atoms with van der Waals surface area (Å²) in [4.78, 5) is 18.2. The van der Waals surface area contributed by atoms with Crippen molar-refractivity contribution >= 4 is 21.9 Å². The Morgan fingerprint density at radius 2 is 2.16 bits per heavy atom. The zero-order chi connectivity index (χ0) is 14.0. The first-order valence-electron chi connectivity index (χ1n) is 6.01. The molecular weight excluding hydrogens is 308 g/mol. The Balaban J connectivity index is 2.31. The number of aromatic amines is 1. The normalized spacial score (nSPS) is 10.7. The zero-order valence-corrected chi connectivity index (χ0v) is 12.4. The number of aryl methyl sites for hydroxylation is 3. The number of nitrogens with one attached hydrogen (secondary N) is 1. The minimum atomic E-state index is -0.811. The minimum absolute atomic E-state index is 0.0904. The van der Waals surface area contributed by atoms with Gasteiger partial charge in [-0.05, 0) is 35.3 Å². The first-order chi connectivity index (χ1) is 8.97. The van der Waals surface area contributed by atoms with E-state index in [0.29, 0.717) is 11.0 Å². The third-order valence-corrected chi connectivity index (χ3v) is 3.61. The number of halogens is 1. The predicted molar refractivity (Wildman–Crippen MR) is 77.2 cm³/mol. The van der Waals surface area contributed by atoms with Gasteiger partial charge in [-0.2, -0.15) is 0 Å². The second-order valence-electron chi connectivity index (χ2n) is 4.57. The van der Waals surface area contributed by atoms with Crippen LogP contribution in [0.25, 0.3) is 11.4 Å². The molecule has 2 N–H and O–H groups in total. The number of aliphatic carboxylic acids is 1. The van der Waals surface area contributed by atoms with E-state index in [4.69, 9.17) is 5.11 Å². The number of rotatable bonds is 4. The highest BCUT2D eigenvalue weighted by atomic mass is 79.9. The number of H-pyrrole nitrogens is 1. The fraction of sp³-hybridized carbons (Fsp3) is 0.286. The summed E-state index contributed by atoms with van der Waals surface area (Å²) in [5.74, 6) is -0.0423. The van der Waals surface area contributed by atoms with Gasteiger partial charge in [0.15, 0.2) is 0 Å². The SMILES string of the molecule is Cc1ccc(-c2nc(Br)c(CCC(=O)O)[nH]2)c(C)c1. The molecular formula is C14H15BrN2O2. The van der Waals surface area contributed by atoms with E-state index in [1.54, 1.807) is 0 Å². The summed E-state index contributed by atoms with van der Waals surface area (Å²) in [6.07, 6.45) is 0.529. The molecule has 2 aromatic rings. The van der Waals surface area contributed by atoms with Crippen molar-refractivity contribution in [3.05, 3.63) is 39.6 Å². The van der Waals surface area contributed by atoms with Crippen LogP contribution < -0.4 is 0 Å². The summed E-state index contributed by atoms with van der Waals surface area (Å²) in [7, 11) is 0. The number of carboxylic acid groups (broad SMARTS) is 1. The molecule has 0 atom stereocenters. The fourth-order valence-corrected chi connectivity index (χ4v) is 2.47. The monoisotopic (exact) mass is 322 g/mol. The number of benzene rings is 1. The smallest absolute Gasteiger partial charge is 0.303 e. The molecule has 0 aliphatic carbocycles. The molecule has 0 aliphatic heterocycles. The molecule has 0 fully saturated rings. The van der Waals surface area contributed by atoms with Gasteiger partial charge in [-0.1, -0.05) is 23.8 Å². The van der Waals surface area contributed by atoms with Gasteiger partial charge in [-0.25, -0.2) is 4.98 Å². The van der Waals surface area contributed by atoms with Crippen molar-refractivity contribution in [2.75, 3.05) is 0 Å². The van der Waals surface area contributed by atoms with E-state index in [0.717, 1.165) is 22.6 Å². The molecule has 0 radical (unpaired) electrons. The van der Waals surface area contributed by atoms with Crippen LogP contribution in [0.15, 0.2) is 22.8 Å². The third kappa shape index (κ3) is 3.23. The average molecular weight is 323 g/mol. The maximum atomic E-state index is 10.6. The molecule has 0 bridgehead atoms. The Kier molecular flexibility index (Phi) is 4.04. The molecule has 100 valence electrons. The van der Waals surface area contributed by atoms with Crippen LogP contribution in [0.3, 0.4) is 0 Å². The van der Waals surface area contributed by atoms with Crippen molar-refractivity contribution in [3.8, 4) is 11.4 Å². The highest BCUT2D eigenvalue weighted by molar-refractivity contribution is 9.10. The van der Waals surface area contributed by atoms with Crippen LogP contribution in [0, 0.1) is 13.8 Å². The molecule has 0 saturated carbocycles. The Morgan fingerprint density at radius 3 is 2.79 bits per heavy atom. The lowest BCUT2D eigenvalue weighted by atomic mass is 10.1. The maximum Gasteiger partial charge on any atom is 0.303 e. The van der Waals surface area contributed by atoms with E-state index in [1.807, 2.05) is 26.0 Å². The van der Waals surface area contributed by atoms with Gasteiger partial charge in [-0.15, -0.1) is 0 Å². The molecule has 2 rings (SSSR count). The lowest BCUT2D eigenvalue weighted by Crippen LogP contribution is -1.98. The summed E-state index contributed by atoms with van der Waals surface area (Å²) in [5.41, 5.74) is 4.20. The summed E-state index contributed by atoms with van der Waals surface area (Å²) < 4.78 is 0.684. The summed E-state index contributed by atoms with van der Waals surface area (Å²) in [5, 5.41) is 8.71. The van der Waals surface area contributed by atoms with E-state index in [-0.39, 0.29) is 6.42 Å². The van der Waals surface area contributed by atoms with E-state index >= 15 is 0 Å². The van der Waals surface area contributed by atoms with Gasteiger partial charge in [0.05, 0.1) is 12.1 Å². The highest BCUT2D eigenvalue weighted by Crippen LogP contribution is 2.25. The lowest BCUT2D eigenvalue weighted by molar-refractivity contribution is -0.136. The molecule has 1 aromatic carbocycles. The number of carbonyl (C=O) groups is 1. The zero-order valence-electron chi connectivity index (χ0n) is 10.8. The number of nitrogens with zero attached hydrogens (tertiary/aromatic N) is 1. The van der Waals surface area contributed by atoms with E-state index in [9.17, 15) is 4.79 Å². The summed E-state index contributed by atoms with van der Waals surface area (Å²) in [6.45, 7) is 4.09. The maximum absolute atomic E-state index is 10.6. The van der Waals surface area contributed by atoms with Crippen molar-refractivity contribution in [2.24, 2.45) is 0 Å². The van der Waals surface area contributed by atoms with Crippen molar-refractivity contribution in [3.63, 3.8) is 0 Å². The number of carboxylic acids is 1. The molecule has 0 unspecified atom stereocenters. The number of imidazole rings is 1. The summed E-state index contributed by atoms with van der Waals surface area (Å²) in [6, 6.07) is 6.16. The molecule has 0 spiro atoms. The van der Waals surface area contributed by atoms with E-state index in [1.165, 1.54) is 5.56 Å². The van der Waals surface area contributed by atoms with Gasteiger partial charge in [-0.3, -0.25) is 4.79 Å². The Morgan fingerprint density at radius 1 is 1.42 bits per heavy atom. The number of aromatic nitrogens is 2. The molecule has 5 heteroatoms. The van der Waals surface area contributed by atoms with E-state index < -0.39 is 5.97 Å². The van der Waals surface area contributed by atoms with E-state index in [2.05, 4.69) is 32.0 Å². The van der Waals surface area contributed by atoms with Gasteiger partial charge in [0, 0.05) is 12.0 Å². The highest BCUT2D eigenvalue weighted by Gasteiger charge is 2.12. The van der Waals surface area contributed by atoms with Crippen LogP contribution in [0.4, 0.5) is 0 Å². The average Bonchev–Trinajstić information content (AvgIpc) is 2.67. The van der Waals surface area contributed by atoms with Crippen molar-refractivity contribution in [1.29, 1.82) is 0 Å². The topological polar surface area (TPSA) is 66.0 Å². The Bertz CT molecular complexity index is 620. The number of hydrogen-bond acceptors (Lipinski definition) is 2. The Hall–Kier alpha value is -1.62. The molecule has 0 aliphatic rings. The molecule has 19 heavy (non-hydrogen) atoms.